The molecule has 1 aromatic heterocycles. The fraction of sp³-hybridized carbons (Fsp3) is 0.167. The molecule has 0 unspecified atom stereocenters. The second kappa shape index (κ2) is 5.27. The standard InChI is InChI=1S/C12H11NOS2/c1-15-10-4-2-9(3-5-10)6-12-11(7-14)13-8-16-12/h2-5,7-8H,6H2,1H3. The molecule has 2 aromatic rings. The highest BCUT2D eigenvalue weighted by Gasteiger charge is 2.05. The van der Waals surface area contributed by atoms with Crippen molar-refractivity contribution in [3.05, 3.63) is 45.9 Å². The summed E-state index contributed by atoms with van der Waals surface area (Å²) in [7, 11) is 0. The SMILES string of the molecule is CSc1ccc(Cc2scnc2C=O)cc1. The van der Waals surface area contributed by atoms with E-state index in [1.807, 2.05) is 0 Å². The molecule has 4 heteroatoms. The van der Waals surface area contributed by atoms with E-state index in [0.29, 0.717) is 5.69 Å². The second-order valence-electron chi connectivity index (χ2n) is 3.30. The second-order valence-corrected chi connectivity index (χ2v) is 5.12. The van der Waals surface area contributed by atoms with E-state index in [0.717, 1.165) is 17.6 Å². The molecule has 2 nitrogen and oxygen atoms in total. The van der Waals surface area contributed by atoms with Crippen molar-refractivity contribution in [2.75, 3.05) is 6.26 Å². The highest BCUT2D eigenvalue weighted by atomic mass is 32.2. The van der Waals surface area contributed by atoms with Gasteiger partial charge in [-0.3, -0.25) is 4.79 Å². The van der Waals surface area contributed by atoms with Gasteiger partial charge in [0.15, 0.2) is 6.29 Å². The molecular weight excluding hydrogens is 238 g/mol. The van der Waals surface area contributed by atoms with Crippen LogP contribution in [0.15, 0.2) is 34.7 Å². The lowest BCUT2D eigenvalue weighted by atomic mass is 10.1. The van der Waals surface area contributed by atoms with Crippen molar-refractivity contribution in [3.63, 3.8) is 0 Å². The van der Waals surface area contributed by atoms with Crippen LogP contribution in [0.4, 0.5) is 0 Å². The predicted octanol–water partition coefficient (Wildman–Crippen LogP) is 3.27. The van der Waals surface area contributed by atoms with E-state index in [9.17, 15) is 4.79 Å². The molecule has 1 aromatic carbocycles. The summed E-state index contributed by atoms with van der Waals surface area (Å²) in [5.41, 5.74) is 3.50. The first kappa shape index (κ1) is 11.4. The molecule has 16 heavy (non-hydrogen) atoms. The number of thioether (sulfide) groups is 1. The quantitative estimate of drug-likeness (QED) is 0.615. The summed E-state index contributed by atoms with van der Waals surface area (Å²) >= 11 is 3.26. The fourth-order valence-electron chi connectivity index (χ4n) is 1.44. The number of aldehydes is 1. The summed E-state index contributed by atoms with van der Waals surface area (Å²) in [6.07, 6.45) is 3.66. The van der Waals surface area contributed by atoms with Crippen LogP contribution in [0.1, 0.15) is 20.9 Å². The molecule has 0 atom stereocenters. The zero-order valence-corrected chi connectivity index (χ0v) is 10.5. The number of rotatable bonds is 4. The number of benzene rings is 1. The molecule has 0 saturated heterocycles. The Hall–Kier alpha value is -1.13. The molecule has 82 valence electrons. The van der Waals surface area contributed by atoms with E-state index in [-0.39, 0.29) is 0 Å². The lowest BCUT2D eigenvalue weighted by molar-refractivity contribution is 0.111. The molecule has 1 heterocycles. The number of aromatic nitrogens is 1. The number of nitrogens with zero attached hydrogens (tertiary/aromatic N) is 1. The maximum Gasteiger partial charge on any atom is 0.169 e. The Kier molecular flexibility index (Phi) is 3.74. The average Bonchev–Trinajstić information content (AvgIpc) is 2.77. The maximum absolute atomic E-state index is 10.7. The van der Waals surface area contributed by atoms with Crippen LogP contribution in [0.2, 0.25) is 0 Å². The van der Waals surface area contributed by atoms with E-state index in [1.54, 1.807) is 17.3 Å². The van der Waals surface area contributed by atoms with E-state index >= 15 is 0 Å². The first-order valence-electron chi connectivity index (χ1n) is 4.84. The number of thiazole rings is 1. The van der Waals surface area contributed by atoms with Gasteiger partial charge in [-0.25, -0.2) is 4.98 Å². The Morgan fingerprint density at radius 1 is 1.38 bits per heavy atom. The maximum atomic E-state index is 10.7. The summed E-state index contributed by atoms with van der Waals surface area (Å²) < 4.78 is 0. The molecule has 0 N–H and O–H groups in total. The summed E-state index contributed by atoms with van der Waals surface area (Å²) in [6.45, 7) is 0. The Morgan fingerprint density at radius 2 is 2.12 bits per heavy atom. The van der Waals surface area contributed by atoms with Crippen LogP contribution in [-0.4, -0.2) is 17.5 Å². The Bertz CT molecular complexity index is 476. The van der Waals surface area contributed by atoms with Gasteiger partial charge in [0.2, 0.25) is 0 Å². The van der Waals surface area contributed by atoms with Crippen molar-refractivity contribution in [2.45, 2.75) is 11.3 Å². The predicted molar refractivity (Wildman–Crippen MR) is 68.5 cm³/mol. The summed E-state index contributed by atoms with van der Waals surface area (Å²) in [4.78, 5) is 17.0. The van der Waals surface area contributed by atoms with Gasteiger partial charge in [0.1, 0.15) is 5.69 Å². The van der Waals surface area contributed by atoms with Gasteiger partial charge in [-0.15, -0.1) is 23.1 Å². The van der Waals surface area contributed by atoms with Crippen molar-refractivity contribution in [2.24, 2.45) is 0 Å². The van der Waals surface area contributed by atoms with Crippen molar-refractivity contribution in [1.82, 2.24) is 4.98 Å². The third-order valence-corrected chi connectivity index (χ3v) is 3.90. The molecule has 0 amide bonds. The third kappa shape index (κ3) is 2.51. The van der Waals surface area contributed by atoms with Crippen LogP contribution in [0, 0.1) is 0 Å². The number of hydrogen-bond acceptors (Lipinski definition) is 4. The van der Waals surface area contributed by atoms with Gasteiger partial charge in [0.25, 0.3) is 0 Å². The number of hydrogen-bond donors (Lipinski definition) is 0. The van der Waals surface area contributed by atoms with Gasteiger partial charge >= 0.3 is 0 Å². The van der Waals surface area contributed by atoms with E-state index in [1.165, 1.54) is 21.8 Å². The number of carbonyl (C=O) groups excluding carboxylic acids is 1. The Labute approximate surface area is 103 Å². The molecule has 0 bridgehead atoms. The van der Waals surface area contributed by atoms with Crippen LogP contribution >= 0.6 is 23.1 Å². The van der Waals surface area contributed by atoms with E-state index < -0.39 is 0 Å². The first-order chi connectivity index (χ1) is 7.83. The van der Waals surface area contributed by atoms with Gasteiger partial charge in [0.05, 0.1) is 5.51 Å². The molecule has 0 aliphatic carbocycles. The zero-order valence-electron chi connectivity index (χ0n) is 8.84. The summed E-state index contributed by atoms with van der Waals surface area (Å²) in [6, 6.07) is 8.39. The minimum atomic E-state index is 0.568. The molecule has 0 radical (unpaired) electrons. The van der Waals surface area contributed by atoms with E-state index in [2.05, 4.69) is 35.5 Å². The minimum Gasteiger partial charge on any atom is -0.296 e. The molecular formula is C12H11NOS2. The van der Waals surface area contributed by atoms with Gasteiger partial charge in [-0.2, -0.15) is 0 Å². The molecule has 0 aliphatic rings. The van der Waals surface area contributed by atoms with Gasteiger partial charge < -0.3 is 0 Å². The van der Waals surface area contributed by atoms with Crippen LogP contribution in [0.5, 0.6) is 0 Å². The normalized spacial score (nSPS) is 10.3. The highest BCUT2D eigenvalue weighted by molar-refractivity contribution is 7.98. The molecule has 0 aliphatic heterocycles. The monoisotopic (exact) mass is 249 g/mol. The molecule has 0 saturated carbocycles. The van der Waals surface area contributed by atoms with Crippen molar-refractivity contribution < 1.29 is 4.79 Å². The van der Waals surface area contributed by atoms with Crippen LogP contribution in [0.25, 0.3) is 0 Å². The van der Waals surface area contributed by atoms with Crippen molar-refractivity contribution in [1.29, 1.82) is 0 Å². The average molecular weight is 249 g/mol. The lowest BCUT2D eigenvalue weighted by Gasteiger charge is -2.01. The van der Waals surface area contributed by atoms with Crippen molar-refractivity contribution >= 4 is 29.4 Å². The molecule has 0 fully saturated rings. The zero-order chi connectivity index (χ0) is 11.4. The summed E-state index contributed by atoms with van der Waals surface area (Å²) in [5, 5.41) is 0. The third-order valence-electron chi connectivity index (χ3n) is 2.31. The topological polar surface area (TPSA) is 30.0 Å². The summed E-state index contributed by atoms with van der Waals surface area (Å²) in [5.74, 6) is 0. The number of carbonyl (C=O) groups is 1. The Morgan fingerprint density at radius 3 is 2.75 bits per heavy atom. The highest BCUT2D eigenvalue weighted by Crippen LogP contribution is 2.20. The fourth-order valence-corrected chi connectivity index (χ4v) is 2.61. The first-order valence-corrected chi connectivity index (χ1v) is 6.94. The smallest absolute Gasteiger partial charge is 0.169 e. The minimum absolute atomic E-state index is 0.568. The van der Waals surface area contributed by atoms with Crippen molar-refractivity contribution in [3.8, 4) is 0 Å². The molecule has 0 spiro atoms. The van der Waals surface area contributed by atoms with Crippen LogP contribution in [-0.2, 0) is 6.42 Å². The Balaban J connectivity index is 2.17. The van der Waals surface area contributed by atoms with Gasteiger partial charge in [0, 0.05) is 16.2 Å². The molecule has 2 rings (SSSR count). The van der Waals surface area contributed by atoms with Gasteiger partial charge in [-0.05, 0) is 24.0 Å². The van der Waals surface area contributed by atoms with Crippen LogP contribution in [0.3, 0.4) is 0 Å². The van der Waals surface area contributed by atoms with E-state index in [4.69, 9.17) is 0 Å². The largest absolute Gasteiger partial charge is 0.296 e. The van der Waals surface area contributed by atoms with Crippen LogP contribution < -0.4 is 0 Å². The lowest BCUT2D eigenvalue weighted by Crippen LogP contribution is -1.90. The van der Waals surface area contributed by atoms with Gasteiger partial charge in [-0.1, -0.05) is 12.1 Å².